The molecule has 0 aromatic heterocycles. The van der Waals surface area contributed by atoms with Gasteiger partial charge in [0.2, 0.25) is 0 Å². The van der Waals surface area contributed by atoms with Crippen molar-refractivity contribution < 1.29 is 9.53 Å². The molecule has 13 heavy (non-hydrogen) atoms. The van der Waals surface area contributed by atoms with E-state index in [-0.39, 0.29) is 11.9 Å². The van der Waals surface area contributed by atoms with E-state index in [1.807, 2.05) is 13.8 Å². The molecule has 78 valence electrons. The first-order chi connectivity index (χ1) is 6.13. The standard InChI is InChI=1S/C11H22O2/c1-5-7-8-9(3)10(4)11(12)13-6-2/h9-10H,5-8H2,1-4H3/t9-,10+/m0/s1. The van der Waals surface area contributed by atoms with Crippen molar-refractivity contribution in [2.45, 2.75) is 47.0 Å². The Balaban J connectivity index is 3.79. The molecule has 0 unspecified atom stereocenters. The molecule has 0 saturated heterocycles. The van der Waals surface area contributed by atoms with E-state index in [4.69, 9.17) is 4.74 Å². The van der Waals surface area contributed by atoms with Crippen LogP contribution in [0.1, 0.15) is 47.0 Å². The molecule has 2 nitrogen and oxygen atoms in total. The normalized spacial score (nSPS) is 15.1. The molecule has 0 N–H and O–H groups in total. The van der Waals surface area contributed by atoms with Crippen LogP contribution in [0.2, 0.25) is 0 Å². The van der Waals surface area contributed by atoms with Gasteiger partial charge < -0.3 is 4.74 Å². The van der Waals surface area contributed by atoms with Crippen LogP contribution >= 0.6 is 0 Å². The quantitative estimate of drug-likeness (QED) is 0.596. The van der Waals surface area contributed by atoms with Crippen molar-refractivity contribution in [1.82, 2.24) is 0 Å². The Morgan fingerprint density at radius 3 is 2.38 bits per heavy atom. The summed E-state index contributed by atoms with van der Waals surface area (Å²) in [5.41, 5.74) is 0. The Hall–Kier alpha value is -0.530. The zero-order valence-corrected chi connectivity index (χ0v) is 9.30. The third kappa shape index (κ3) is 4.91. The minimum absolute atomic E-state index is 0.0477. The second-order valence-corrected chi connectivity index (χ2v) is 3.66. The van der Waals surface area contributed by atoms with Crippen molar-refractivity contribution in [2.24, 2.45) is 11.8 Å². The zero-order chi connectivity index (χ0) is 10.3. The lowest BCUT2D eigenvalue weighted by Crippen LogP contribution is -2.21. The average Bonchev–Trinajstić information content (AvgIpc) is 2.13. The summed E-state index contributed by atoms with van der Waals surface area (Å²) in [7, 11) is 0. The van der Waals surface area contributed by atoms with Crippen LogP contribution in [0.25, 0.3) is 0 Å². The first-order valence-corrected chi connectivity index (χ1v) is 5.30. The molecule has 0 radical (unpaired) electrons. The molecule has 0 saturated carbocycles. The van der Waals surface area contributed by atoms with E-state index in [1.54, 1.807) is 0 Å². The molecule has 0 aliphatic heterocycles. The number of carbonyl (C=O) groups excluding carboxylic acids is 1. The number of unbranched alkanes of at least 4 members (excludes halogenated alkanes) is 1. The molecule has 2 atom stereocenters. The fourth-order valence-electron chi connectivity index (χ4n) is 1.28. The van der Waals surface area contributed by atoms with E-state index >= 15 is 0 Å². The van der Waals surface area contributed by atoms with E-state index in [1.165, 1.54) is 12.8 Å². The summed E-state index contributed by atoms with van der Waals surface area (Å²) in [6.07, 6.45) is 3.52. The summed E-state index contributed by atoms with van der Waals surface area (Å²) < 4.78 is 4.97. The smallest absolute Gasteiger partial charge is 0.308 e. The molecule has 0 aromatic rings. The molecule has 0 heterocycles. The molecule has 0 bridgehead atoms. The maximum Gasteiger partial charge on any atom is 0.308 e. The predicted octanol–water partition coefficient (Wildman–Crippen LogP) is 3.01. The summed E-state index contributed by atoms with van der Waals surface area (Å²) >= 11 is 0. The molecule has 0 fully saturated rings. The van der Waals surface area contributed by atoms with Crippen LogP contribution in [-0.2, 0) is 9.53 Å². The second kappa shape index (κ2) is 6.93. The minimum atomic E-state index is -0.0499. The van der Waals surface area contributed by atoms with Gasteiger partial charge in [0.05, 0.1) is 12.5 Å². The van der Waals surface area contributed by atoms with Crippen LogP contribution in [0, 0.1) is 11.8 Å². The Bertz CT molecular complexity index is 143. The number of hydrogen-bond acceptors (Lipinski definition) is 2. The van der Waals surface area contributed by atoms with Crippen LogP contribution in [0.5, 0.6) is 0 Å². The van der Waals surface area contributed by atoms with Crippen molar-refractivity contribution in [1.29, 1.82) is 0 Å². The van der Waals surface area contributed by atoms with E-state index in [0.717, 1.165) is 6.42 Å². The second-order valence-electron chi connectivity index (χ2n) is 3.66. The molecule has 2 heteroatoms. The fraction of sp³-hybridized carbons (Fsp3) is 0.909. The van der Waals surface area contributed by atoms with Gasteiger partial charge >= 0.3 is 5.97 Å². The van der Waals surface area contributed by atoms with Crippen molar-refractivity contribution >= 4 is 5.97 Å². The van der Waals surface area contributed by atoms with Gasteiger partial charge in [-0.2, -0.15) is 0 Å². The Morgan fingerprint density at radius 2 is 1.92 bits per heavy atom. The summed E-state index contributed by atoms with van der Waals surface area (Å²) in [5, 5.41) is 0. The Kier molecular flexibility index (Phi) is 6.65. The topological polar surface area (TPSA) is 26.3 Å². The largest absolute Gasteiger partial charge is 0.466 e. The van der Waals surface area contributed by atoms with Gasteiger partial charge in [-0.15, -0.1) is 0 Å². The average molecular weight is 186 g/mol. The van der Waals surface area contributed by atoms with Crippen molar-refractivity contribution in [3.63, 3.8) is 0 Å². The molecule has 0 rings (SSSR count). The van der Waals surface area contributed by atoms with Gasteiger partial charge in [-0.05, 0) is 19.3 Å². The molecule has 0 aliphatic rings. The summed E-state index contributed by atoms with van der Waals surface area (Å²) in [4.78, 5) is 11.3. The van der Waals surface area contributed by atoms with E-state index < -0.39 is 0 Å². The highest BCUT2D eigenvalue weighted by molar-refractivity contribution is 5.72. The number of hydrogen-bond donors (Lipinski definition) is 0. The first-order valence-electron chi connectivity index (χ1n) is 5.30. The maximum absolute atomic E-state index is 11.3. The minimum Gasteiger partial charge on any atom is -0.466 e. The highest BCUT2D eigenvalue weighted by Crippen LogP contribution is 2.18. The van der Waals surface area contributed by atoms with Crippen LogP contribution in [0.4, 0.5) is 0 Å². The van der Waals surface area contributed by atoms with Gasteiger partial charge in [-0.1, -0.05) is 33.6 Å². The first kappa shape index (κ1) is 12.5. The highest BCUT2D eigenvalue weighted by atomic mass is 16.5. The van der Waals surface area contributed by atoms with Gasteiger partial charge in [-0.25, -0.2) is 0 Å². The zero-order valence-electron chi connectivity index (χ0n) is 9.30. The summed E-state index contributed by atoms with van der Waals surface area (Å²) in [6, 6.07) is 0. The summed E-state index contributed by atoms with van der Waals surface area (Å²) in [5.74, 6) is 0.441. The number of esters is 1. The number of rotatable bonds is 6. The molecule has 0 spiro atoms. The molecular formula is C11H22O2. The molecule has 0 aliphatic carbocycles. The third-order valence-electron chi connectivity index (χ3n) is 2.52. The number of carbonyl (C=O) groups is 1. The molecular weight excluding hydrogens is 164 g/mol. The van der Waals surface area contributed by atoms with E-state index in [2.05, 4.69) is 13.8 Å². The van der Waals surface area contributed by atoms with Gasteiger partial charge in [0.25, 0.3) is 0 Å². The van der Waals surface area contributed by atoms with Crippen molar-refractivity contribution in [3.05, 3.63) is 0 Å². The van der Waals surface area contributed by atoms with E-state index in [0.29, 0.717) is 12.5 Å². The SMILES string of the molecule is CCCC[C@H](C)[C@@H](C)C(=O)OCC. The Labute approximate surface area is 81.7 Å². The lowest BCUT2D eigenvalue weighted by Gasteiger charge is -2.17. The summed E-state index contributed by atoms with van der Waals surface area (Å²) in [6.45, 7) is 8.59. The van der Waals surface area contributed by atoms with Crippen LogP contribution < -0.4 is 0 Å². The van der Waals surface area contributed by atoms with Crippen LogP contribution in [0.3, 0.4) is 0 Å². The van der Waals surface area contributed by atoms with Gasteiger partial charge in [0.1, 0.15) is 0 Å². The van der Waals surface area contributed by atoms with Crippen LogP contribution in [-0.4, -0.2) is 12.6 Å². The van der Waals surface area contributed by atoms with E-state index in [9.17, 15) is 4.79 Å². The monoisotopic (exact) mass is 186 g/mol. The van der Waals surface area contributed by atoms with Crippen molar-refractivity contribution in [3.8, 4) is 0 Å². The van der Waals surface area contributed by atoms with Gasteiger partial charge in [-0.3, -0.25) is 4.79 Å². The third-order valence-corrected chi connectivity index (χ3v) is 2.52. The van der Waals surface area contributed by atoms with Gasteiger partial charge in [0.15, 0.2) is 0 Å². The van der Waals surface area contributed by atoms with Crippen LogP contribution in [0.15, 0.2) is 0 Å². The maximum atomic E-state index is 11.3. The molecule has 0 aromatic carbocycles. The fourth-order valence-corrected chi connectivity index (χ4v) is 1.28. The Morgan fingerprint density at radius 1 is 1.31 bits per heavy atom. The lowest BCUT2D eigenvalue weighted by atomic mass is 9.91. The van der Waals surface area contributed by atoms with Crippen molar-refractivity contribution in [2.75, 3.05) is 6.61 Å². The predicted molar refractivity (Wildman–Crippen MR) is 54.5 cm³/mol. The highest BCUT2D eigenvalue weighted by Gasteiger charge is 2.20. The van der Waals surface area contributed by atoms with Gasteiger partial charge in [0, 0.05) is 0 Å². The lowest BCUT2D eigenvalue weighted by molar-refractivity contribution is -0.149. The molecule has 0 amide bonds. The number of ether oxygens (including phenoxy) is 1.